The summed E-state index contributed by atoms with van der Waals surface area (Å²) in [5, 5.41) is 8.14. The molecule has 0 unspecified atom stereocenters. The second-order valence-corrected chi connectivity index (χ2v) is 7.07. The highest BCUT2D eigenvalue weighted by Crippen LogP contribution is 2.46. The maximum absolute atomic E-state index is 13.0. The van der Waals surface area contributed by atoms with Crippen LogP contribution in [0, 0.1) is 12.3 Å². The van der Waals surface area contributed by atoms with E-state index in [1.807, 2.05) is 24.1 Å². The minimum Gasteiger partial charge on any atom is -0.381 e. The van der Waals surface area contributed by atoms with Crippen LogP contribution in [-0.4, -0.2) is 56.7 Å². The fourth-order valence-electron chi connectivity index (χ4n) is 4.44. The maximum atomic E-state index is 13.0. The number of carbonyl (C=O) groups excluding carboxylic acids is 1. The molecule has 1 saturated carbocycles. The molecule has 24 heavy (non-hydrogen) atoms. The van der Waals surface area contributed by atoms with Crippen molar-refractivity contribution in [3.8, 4) is 0 Å². The number of aryl methyl sites for hydroxylation is 1. The molecule has 2 fully saturated rings. The number of rotatable bonds is 2. The van der Waals surface area contributed by atoms with E-state index in [2.05, 4.69) is 15.2 Å². The number of fused-ring (bicyclic) bond motifs is 1. The van der Waals surface area contributed by atoms with Crippen LogP contribution in [-0.2, 0) is 4.74 Å². The van der Waals surface area contributed by atoms with E-state index in [0.29, 0.717) is 11.6 Å². The van der Waals surface area contributed by atoms with Gasteiger partial charge in [0.1, 0.15) is 0 Å². The highest BCUT2D eigenvalue weighted by atomic mass is 16.5. The van der Waals surface area contributed by atoms with Crippen LogP contribution in [0.5, 0.6) is 0 Å². The van der Waals surface area contributed by atoms with Gasteiger partial charge in [-0.15, -0.1) is 10.2 Å². The molecule has 1 saturated heterocycles. The number of ether oxygens (including phenoxy) is 1. The highest BCUT2D eigenvalue weighted by molar-refractivity contribution is 5.91. The minimum atomic E-state index is -0.0611. The molecule has 0 N–H and O–H groups in total. The first-order valence-corrected chi connectivity index (χ1v) is 8.63. The molecular formula is C17H23N5O2. The van der Waals surface area contributed by atoms with E-state index >= 15 is 0 Å². The molecule has 0 aromatic carbocycles. The predicted octanol–water partition coefficient (Wildman–Crippen LogP) is 1.85. The van der Waals surface area contributed by atoms with E-state index in [-0.39, 0.29) is 17.4 Å². The largest absolute Gasteiger partial charge is 0.381 e. The number of hydrogen-bond donors (Lipinski definition) is 0. The Bertz CT molecular complexity index is 773. The van der Waals surface area contributed by atoms with Crippen molar-refractivity contribution in [3.05, 3.63) is 23.8 Å². The maximum Gasteiger partial charge on any atom is 0.292 e. The molecular weight excluding hydrogens is 306 g/mol. The van der Waals surface area contributed by atoms with Crippen LogP contribution >= 0.6 is 0 Å². The Labute approximate surface area is 141 Å². The predicted molar refractivity (Wildman–Crippen MR) is 87.7 cm³/mol. The molecule has 3 heterocycles. The Balaban J connectivity index is 1.61. The Morgan fingerprint density at radius 3 is 3.00 bits per heavy atom. The third-order valence-electron chi connectivity index (χ3n) is 5.61. The van der Waals surface area contributed by atoms with Crippen molar-refractivity contribution in [2.45, 2.75) is 45.1 Å². The molecule has 1 aliphatic carbocycles. The van der Waals surface area contributed by atoms with E-state index in [1.165, 1.54) is 6.42 Å². The van der Waals surface area contributed by atoms with E-state index in [9.17, 15) is 4.79 Å². The van der Waals surface area contributed by atoms with Crippen molar-refractivity contribution in [1.29, 1.82) is 0 Å². The van der Waals surface area contributed by atoms with Gasteiger partial charge in [-0.1, -0.05) is 6.42 Å². The molecule has 7 nitrogen and oxygen atoms in total. The molecule has 0 bridgehead atoms. The number of carbonyl (C=O) groups is 1. The summed E-state index contributed by atoms with van der Waals surface area (Å²) < 4.78 is 7.41. The summed E-state index contributed by atoms with van der Waals surface area (Å²) >= 11 is 0. The topological polar surface area (TPSA) is 72.6 Å². The zero-order valence-electron chi connectivity index (χ0n) is 14.2. The van der Waals surface area contributed by atoms with Crippen LogP contribution in [0.2, 0.25) is 0 Å². The first-order chi connectivity index (χ1) is 11.6. The average molecular weight is 329 g/mol. The van der Waals surface area contributed by atoms with Gasteiger partial charge >= 0.3 is 0 Å². The van der Waals surface area contributed by atoms with Crippen molar-refractivity contribution < 1.29 is 9.53 Å². The summed E-state index contributed by atoms with van der Waals surface area (Å²) in [6.45, 7) is 3.42. The minimum absolute atomic E-state index is 0.0611. The normalized spacial score (nSPS) is 27.2. The second-order valence-electron chi connectivity index (χ2n) is 7.07. The fourth-order valence-corrected chi connectivity index (χ4v) is 4.44. The van der Waals surface area contributed by atoms with E-state index in [0.717, 1.165) is 44.5 Å². The van der Waals surface area contributed by atoms with Crippen LogP contribution < -0.4 is 0 Å². The number of piperidine rings is 1. The Hall–Kier alpha value is -2.02. The summed E-state index contributed by atoms with van der Waals surface area (Å²) in [5.74, 6) is 0.760. The number of aromatic nitrogens is 4. The van der Waals surface area contributed by atoms with E-state index in [1.54, 1.807) is 11.5 Å². The average Bonchev–Trinajstić information content (AvgIpc) is 3.17. The molecule has 4 rings (SSSR count). The first-order valence-electron chi connectivity index (χ1n) is 8.63. The van der Waals surface area contributed by atoms with Crippen molar-refractivity contribution >= 4 is 11.7 Å². The SMILES string of the molecule is CO[C@@H]1CCC[C@@]12CCCN(C(=O)c1nnc3nc(C)ccn13)C2. The summed E-state index contributed by atoms with van der Waals surface area (Å²) in [4.78, 5) is 19.3. The Morgan fingerprint density at radius 1 is 1.33 bits per heavy atom. The first kappa shape index (κ1) is 15.5. The number of likely N-dealkylation sites (tertiary alicyclic amines) is 1. The lowest BCUT2D eigenvalue weighted by atomic mass is 9.76. The van der Waals surface area contributed by atoms with Crippen molar-refractivity contribution in [3.63, 3.8) is 0 Å². The third kappa shape index (κ3) is 2.38. The molecule has 1 spiro atoms. The summed E-state index contributed by atoms with van der Waals surface area (Å²) in [6, 6.07) is 1.86. The molecule has 2 aromatic heterocycles. The Kier molecular flexibility index (Phi) is 3.75. The second kappa shape index (κ2) is 5.81. The highest BCUT2D eigenvalue weighted by Gasteiger charge is 2.47. The molecule has 2 aromatic rings. The molecule has 7 heteroatoms. The Morgan fingerprint density at radius 2 is 2.17 bits per heavy atom. The molecule has 2 atom stereocenters. The zero-order valence-corrected chi connectivity index (χ0v) is 14.2. The number of nitrogens with zero attached hydrogens (tertiary/aromatic N) is 5. The van der Waals surface area contributed by atoms with Gasteiger partial charge in [-0.3, -0.25) is 9.20 Å². The van der Waals surface area contributed by atoms with E-state index in [4.69, 9.17) is 4.74 Å². The standard InChI is InChI=1S/C17H23N5O2/c1-12-6-10-22-14(19-20-16(22)18-12)15(23)21-9-4-8-17(11-21)7-3-5-13(17)24-2/h6,10,13H,3-5,7-9,11H2,1-2H3/t13-,17+/m1/s1. The summed E-state index contributed by atoms with van der Waals surface area (Å²) in [6.07, 6.45) is 7.63. The van der Waals surface area contributed by atoms with Gasteiger partial charge in [-0.25, -0.2) is 4.98 Å². The van der Waals surface area contributed by atoms with Gasteiger partial charge in [0.05, 0.1) is 6.10 Å². The van der Waals surface area contributed by atoms with Crippen LogP contribution in [0.4, 0.5) is 0 Å². The van der Waals surface area contributed by atoms with Gasteiger partial charge in [-0.05, 0) is 38.7 Å². The zero-order chi connectivity index (χ0) is 16.7. The number of hydrogen-bond acceptors (Lipinski definition) is 5. The van der Waals surface area contributed by atoms with Gasteiger partial charge in [0.2, 0.25) is 5.82 Å². The van der Waals surface area contributed by atoms with Gasteiger partial charge in [0, 0.05) is 37.5 Å². The van der Waals surface area contributed by atoms with Crippen molar-refractivity contribution in [2.75, 3.05) is 20.2 Å². The van der Waals surface area contributed by atoms with Crippen LogP contribution in [0.25, 0.3) is 5.78 Å². The van der Waals surface area contributed by atoms with Gasteiger partial charge in [0.25, 0.3) is 11.7 Å². The number of amides is 1. The van der Waals surface area contributed by atoms with Gasteiger partial charge in [0.15, 0.2) is 0 Å². The van der Waals surface area contributed by atoms with E-state index < -0.39 is 0 Å². The quantitative estimate of drug-likeness (QED) is 0.841. The molecule has 1 aliphatic heterocycles. The lowest BCUT2D eigenvalue weighted by molar-refractivity contribution is -0.0298. The summed E-state index contributed by atoms with van der Waals surface area (Å²) in [5.41, 5.74) is 0.970. The lowest BCUT2D eigenvalue weighted by Gasteiger charge is -2.43. The third-order valence-corrected chi connectivity index (χ3v) is 5.61. The van der Waals surface area contributed by atoms with Crippen molar-refractivity contribution in [1.82, 2.24) is 24.5 Å². The van der Waals surface area contributed by atoms with Crippen LogP contribution in [0.1, 0.15) is 48.4 Å². The number of methoxy groups -OCH3 is 1. The van der Waals surface area contributed by atoms with Gasteiger partial charge < -0.3 is 9.64 Å². The smallest absolute Gasteiger partial charge is 0.292 e. The van der Waals surface area contributed by atoms with Crippen LogP contribution in [0.15, 0.2) is 12.3 Å². The molecule has 2 aliphatic rings. The van der Waals surface area contributed by atoms with Crippen molar-refractivity contribution in [2.24, 2.45) is 5.41 Å². The molecule has 1 amide bonds. The fraction of sp³-hybridized carbons (Fsp3) is 0.647. The molecule has 0 radical (unpaired) electrons. The summed E-state index contributed by atoms with van der Waals surface area (Å²) in [7, 11) is 1.79. The monoisotopic (exact) mass is 329 g/mol. The molecule has 128 valence electrons. The van der Waals surface area contributed by atoms with Crippen LogP contribution in [0.3, 0.4) is 0 Å². The lowest BCUT2D eigenvalue weighted by Crippen LogP contribution is -2.50. The van der Waals surface area contributed by atoms with Gasteiger partial charge in [-0.2, -0.15) is 0 Å².